The van der Waals surface area contributed by atoms with E-state index in [-0.39, 0.29) is 59.0 Å². The SMILES string of the molecule is CCOC(=O)C1CCc2c(c(C(=O)NC3C4CCC(C4)C3C(=O)OCC)nn2C2CCCCC2)C1.O=C(NC12CC3CC(CC(C3)C1)C2)c1nn(Cc2ccccc2)c2c1CCCC2.O=C(NC1C2CC3CC(C2)CC1C3)c1nn(Cc2ccccc2)c2c1CCCC2. The maximum Gasteiger partial charge on any atom is 0.311 e. The zero-order chi connectivity index (χ0) is 63.3. The molecule has 0 aliphatic heterocycles. The fourth-order valence-electron chi connectivity index (χ4n) is 21.6. The summed E-state index contributed by atoms with van der Waals surface area (Å²) in [6, 6.07) is 21.5. The van der Waals surface area contributed by atoms with E-state index in [1.165, 1.54) is 149 Å². The first kappa shape index (κ1) is 62.5. The molecule has 496 valence electrons. The Morgan fingerprint density at radius 1 is 0.473 bits per heavy atom. The number of hydrogen-bond donors (Lipinski definition) is 3. The van der Waals surface area contributed by atoms with Gasteiger partial charge in [-0.05, 0) is 252 Å². The van der Waals surface area contributed by atoms with Crippen LogP contribution in [0.2, 0.25) is 0 Å². The Kier molecular flexibility index (Phi) is 18.1. The van der Waals surface area contributed by atoms with E-state index in [0.29, 0.717) is 66.6 Å². The second-order valence-corrected chi connectivity index (χ2v) is 31.1. The van der Waals surface area contributed by atoms with Gasteiger partial charge >= 0.3 is 11.9 Å². The van der Waals surface area contributed by atoms with Gasteiger partial charge in [0, 0.05) is 51.4 Å². The van der Waals surface area contributed by atoms with Crippen LogP contribution in [-0.2, 0) is 70.7 Å². The van der Waals surface area contributed by atoms with Gasteiger partial charge in [0.2, 0.25) is 0 Å². The highest BCUT2D eigenvalue weighted by Crippen LogP contribution is 2.57. The van der Waals surface area contributed by atoms with Crippen LogP contribution in [0.3, 0.4) is 0 Å². The Morgan fingerprint density at radius 3 is 1.55 bits per heavy atom. The van der Waals surface area contributed by atoms with Crippen LogP contribution in [0.4, 0.5) is 0 Å². The highest BCUT2D eigenvalue weighted by molar-refractivity contribution is 5.96. The van der Waals surface area contributed by atoms with Gasteiger partial charge in [-0.1, -0.05) is 79.9 Å². The summed E-state index contributed by atoms with van der Waals surface area (Å²) in [6.45, 7) is 5.87. The van der Waals surface area contributed by atoms with E-state index in [9.17, 15) is 24.0 Å². The minimum absolute atomic E-state index is 0.0522. The van der Waals surface area contributed by atoms with Crippen LogP contribution in [0.15, 0.2) is 60.7 Å². The number of carbonyl (C=O) groups excluding carboxylic acids is 5. The topological polar surface area (TPSA) is 193 Å². The average molecular weight is 1260 g/mol. The third-order valence-electron chi connectivity index (χ3n) is 25.1. The smallest absolute Gasteiger partial charge is 0.311 e. The van der Waals surface area contributed by atoms with Crippen molar-refractivity contribution in [2.75, 3.05) is 13.2 Å². The number of esters is 2. The molecule has 16 heteroatoms. The fourth-order valence-corrected chi connectivity index (χ4v) is 21.6. The third-order valence-corrected chi connectivity index (χ3v) is 25.1. The molecule has 5 atom stereocenters. The first-order chi connectivity index (χ1) is 45.4. The molecule has 93 heavy (non-hydrogen) atoms. The first-order valence-corrected chi connectivity index (χ1v) is 37.1. The van der Waals surface area contributed by atoms with Crippen molar-refractivity contribution in [3.8, 4) is 0 Å². The number of benzene rings is 2. The summed E-state index contributed by atoms with van der Waals surface area (Å²) in [6.07, 6.45) is 34.1. The Balaban J connectivity index is 0.000000116. The molecule has 5 unspecified atom stereocenters. The second-order valence-electron chi connectivity index (χ2n) is 31.1. The van der Waals surface area contributed by atoms with E-state index >= 15 is 0 Å². The fraction of sp³-hybridized carbons (Fsp3) is 0.662. The number of rotatable bonds is 15. The van der Waals surface area contributed by atoms with Gasteiger partial charge in [0.1, 0.15) is 0 Å². The predicted octanol–water partition coefficient (Wildman–Crippen LogP) is 12.6. The Morgan fingerprint density at radius 2 is 0.978 bits per heavy atom. The van der Waals surface area contributed by atoms with E-state index in [1.807, 2.05) is 26.0 Å². The molecule has 3 heterocycles. The van der Waals surface area contributed by atoms with Crippen LogP contribution in [0.1, 0.15) is 250 Å². The van der Waals surface area contributed by atoms with Gasteiger partial charge < -0.3 is 25.4 Å². The minimum Gasteiger partial charge on any atom is -0.466 e. The summed E-state index contributed by atoms with van der Waals surface area (Å²) in [7, 11) is 0. The van der Waals surface area contributed by atoms with E-state index in [1.54, 1.807) is 0 Å². The highest BCUT2D eigenvalue weighted by Gasteiger charge is 2.54. The molecule has 11 saturated carbocycles. The molecule has 0 radical (unpaired) electrons. The molecule has 2 aromatic carbocycles. The van der Waals surface area contributed by atoms with Gasteiger partial charge in [0.15, 0.2) is 17.1 Å². The van der Waals surface area contributed by atoms with Crippen molar-refractivity contribution in [3.63, 3.8) is 0 Å². The lowest BCUT2D eigenvalue weighted by atomic mass is 9.53. The first-order valence-electron chi connectivity index (χ1n) is 37.1. The average Bonchev–Trinajstić information content (AvgIpc) is 1.82. The number of aromatic nitrogens is 6. The van der Waals surface area contributed by atoms with E-state index < -0.39 is 0 Å². The van der Waals surface area contributed by atoms with Crippen molar-refractivity contribution in [1.29, 1.82) is 0 Å². The molecule has 14 aliphatic carbocycles. The monoisotopic (exact) mass is 1260 g/mol. The number of amides is 3. The molecule has 3 N–H and O–H groups in total. The molecule has 3 aromatic heterocycles. The molecular weight excluding hydrogens is 1160 g/mol. The number of ether oxygens (including phenoxy) is 2. The zero-order valence-electron chi connectivity index (χ0n) is 55.4. The van der Waals surface area contributed by atoms with Crippen molar-refractivity contribution in [2.24, 2.45) is 65.1 Å². The molecule has 0 spiro atoms. The van der Waals surface area contributed by atoms with Crippen LogP contribution in [-0.4, -0.2) is 89.8 Å². The standard InChI is InChI=1S/C27H39N3O5.2C25H31N3O/c1-3-34-26(32)18-12-13-21-20(15-18)24(29-30(21)19-8-6-5-7-9-19)25(31)28-23-17-11-10-16(14-17)22(23)27(33)35-4-2;29-24(26-25-13-18-10-19(14-25)12-20(11-18)15-25)23-21-8-4-5-9-22(21)28(27-23)16-17-6-2-1-3-7-17;29-25(26-23-19-11-17-10-18(13-19)14-20(23)12-17)24-21-8-4-5-9-22(21)28(27-24)15-16-6-2-1-3-7-16/h16-19,22-23H,3-15H2,1-2H3,(H,28,31);1-3,6-7,18-20H,4-5,8-16H2,(H,26,29);1-3,6-7,17-20,23H,4-5,8-15H2,(H,26,29). The third kappa shape index (κ3) is 12.8. The van der Waals surface area contributed by atoms with Gasteiger partial charge in [-0.25, -0.2) is 0 Å². The number of nitrogens with one attached hydrogen (secondary N) is 3. The van der Waals surface area contributed by atoms with Gasteiger partial charge in [0.25, 0.3) is 17.7 Å². The summed E-state index contributed by atoms with van der Waals surface area (Å²) in [5.74, 6) is 5.45. The summed E-state index contributed by atoms with van der Waals surface area (Å²) in [4.78, 5) is 65.9. The zero-order valence-corrected chi connectivity index (χ0v) is 55.4. The molecule has 3 amide bonds. The molecule has 16 nitrogen and oxygen atoms in total. The van der Waals surface area contributed by atoms with Crippen molar-refractivity contribution >= 4 is 29.7 Å². The Hall–Kier alpha value is -6.58. The number of fused-ring (bicyclic) bond motifs is 5. The van der Waals surface area contributed by atoms with E-state index in [2.05, 4.69) is 78.5 Å². The summed E-state index contributed by atoms with van der Waals surface area (Å²) < 4.78 is 17.0. The normalized spacial score (nSPS) is 31.4. The molecule has 14 aliphatic rings. The summed E-state index contributed by atoms with van der Waals surface area (Å²) in [5.41, 5.74) is 11.4. The van der Waals surface area contributed by atoms with Crippen LogP contribution in [0.25, 0.3) is 0 Å². The Labute approximate surface area is 550 Å². The lowest BCUT2D eigenvalue weighted by molar-refractivity contribution is -0.151. The lowest BCUT2D eigenvalue weighted by Crippen LogP contribution is -2.60. The molecule has 10 bridgehead atoms. The van der Waals surface area contributed by atoms with Crippen molar-refractivity contribution in [1.82, 2.24) is 45.3 Å². The van der Waals surface area contributed by atoms with E-state index in [0.717, 1.165) is 125 Å². The summed E-state index contributed by atoms with van der Waals surface area (Å²) >= 11 is 0. The maximum atomic E-state index is 13.7. The van der Waals surface area contributed by atoms with Gasteiger partial charge in [0.05, 0.1) is 44.2 Å². The molecule has 0 saturated heterocycles. The van der Waals surface area contributed by atoms with Gasteiger partial charge in [-0.3, -0.25) is 38.0 Å². The Bertz CT molecular complexity index is 3480. The van der Waals surface area contributed by atoms with E-state index in [4.69, 9.17) is 24.8 Å². The second kappa shape index (κ2) is 26.9. The molecule has 5 aromatic rings. The largest absolute Gasteiger partial charge is 0.466 e. The number of hydrogen-bond acceptors (Lipinski definition) is 10. The lowest BCUT2D eigenvalue weighted by Gasteiger charge is -2.56. The highest BCUT2D eigenvalue weighted by atomic mass is 16.5. The van der Waals surface area contributed by atoms with Crippen LogP contribution in [0, 0.1) is 65.1 Å². The van der Waals surface area contributed by atoms with Crippen LogP contribution < -0.4 is 16.0 Å². The maximum absolute atomic E-state index is 13.7. The van der Waals surface area contributed by atoms with Crippen molar-refractivity contribution in [2.45, 2.75) is 243 Å². The van der Waals surface area contributed by atoms with Crippen molar-refractivity contribution < 1.29 is 33.4 Å². The molecular formula is C77H101N9O7. The summed E-state index contributed by atoms with van der Waals surface area (Å²) in [5, 5.41) is 24.9. The molecule has 11 fully saturated rings. The number of carbonyl (C=O) groups is 5. The molecule has 19 rings (SSSR count). The van der Waals surface area contributed by atoms with Gasteiger partial charge in [-0.15, -0.1) is 0 Å². The van der Waals surface area contributed by atoms with Crippen molar-refractivity contribution in [3.05, 3.63) is 123 Å². The quantitative estimate of drug-likeness (QED) is 0.0849. The minimum atomic E-state index is -0.277. The van der Waals surface area contributed by atoms with Gasteiger partial charge in [-0.2, -0.15) is 15.3 Å². The predicted molar refractivity (Wildman–Crippen MR) is 354 cm³/mol. The van der Waals surface area contributed by atoms with Crippen LogP contribution in [0.5, 0.6) is 0 Å². The van der Waals surface area contributed by atoms with Crippen LogP contribution >= 0.6 is 0 Å². The number of nitrogens with zero attached hydrogens (tertiary/aromatic N) is 6.